The molecule has 0 radical (unpaired) electrons. The lowest BCUT2D eigenvalue weighted by atomic mass is 9.93. The Morgan fingerprint density at radius 2 is 1.96 bits per heavy atom. The maximum atomic E-state index is 13.1. The molecule has 4 nitrogen and oxygen atoms in total. The van der Waals surface area contributed by atoms with E-state index in [1.807, 2.05) is 53.4 Å². The van der Waals surface area contributed by atoms with Gasteiger partial charge in [-0.2, -0.15) is 0 Å². The van der Waals surface area contributed by atoms with E-state index in [9.17, 15) is 4.79 Å². The van der Waals surface area contributed by atoms with E-state index in [1.54, 1.807) is 7.11 Å². The van der Waals surface area contributed by atoms with Crippen LogP contribution in [0.5, 0.6) is 5.75 Å². The monoisotopic (exact) mass is 324 g/mol. The zero-order valence-electron chi connectivity index (χ0n) is 14.5. The Morgan fingerprint density at radius 1 is 1.17 bits per heavy atom. The molecule has 1 atom stereocenters. The zero-order valence-corrected chi connectivity index (χ0v) is 14.5. The highest BCUT2D eigenvalue weighted by Gasteiger charge is 2.42. The maximum Gasteiger partial charge on any atom is 0.258 e. The third kappa shape index (κ3) is 2.73. The predicted molar refractivity (Wildman–Crippen MR) is 96.4 cm³/mol. The predicted octanol–water partition coefficient (Wildman–Crippen LogP) is 4.24. The fraction of sp³-hybridized carbons (Fsp3) is 0.350. The van der Waals surface area contributed by atoms with Gasteiger partial charge < -0.3 is 15.0 Å². The molecule has 0 aromatic heterocycles. The first-order valence-electron chi connectivity index (χ1n) is 8.44. The topological polar surface area (TPSA) is 41.6 Å². The third-order valence-corrected chi connectivity index (χ3v) is 4.69. The molecule has 3 rings (SSSR count). The number of carbonyl (C=O) groups excluding carboxylic acids is 1. The largest absolute Gasteiger partial charge is 0.497 e. The Bertz CT molecular complexity index is 744. The van der Waals surface area contributed by atoms with E-state index >= 15 is 0 Å². The van der Waals surface area contributed by atoms with Crippen molar-refractivity contribution in [3.63, 3.8) is 0 Å². The van der Waals surface area contributed by atoms with Gasteiger partial charge in [0.25, 0.3) is 5.91 Å². The number of ether oxygens (including phenoxy) is 1. The van der Waals surface area contributed by atoms with E-state index in [-0.39, 0.29) is 5.91 Å². The van der Waals surface area contributed by atoms with Crippen LogP contribution in [0.3, 0.4) is 0 Å². The normalized spacial score (nSPS) is 19.6. The average molecular weight is 324 g/mol. The van der Waals surface area contributed by atoms with Crippen LogP contribution in [0.1, 0.15) is 42.6 Å². The number of anilines is 1. The highest BCUT2D eigenvalue weighted by Crippen LogP contribution is 2.38. The van der Waals surface area contributed by atoms with Gasteiger partial charge in [0.05, 0.1) is 12.7 Å². The Balaban J connectivity index is 2.09. The molecule has 2 aromatic carbocycles. The van der Waals surface area contributed by atoms with Crippen molar-refractivity contribution >= 4 is 11.6 Å². The Labute approximate surface area is 143 Å². The van der Waals surface area contributed by atoms with Gasteiger partial charge in [-0.05, 0) is 37.6 Å². The van der Waals surface area contributed by atoms with Gasteiger partial charge in [0.15, 0.2) is 0 Å². The van der Waals surface area contributed by atoms with Crippen LogP contribution in [0, 0.1) is 0 Å². The standard InChI is InChI=1S/C20H24N2O2/c1-4-5-13-22-19(23)17-11-6-7-12-18(17)21-20(22,2)15-9-8-10-16(14-15)24-3/h6-12,14,21H,4-5,13H2,1-3H3. The summed E-state index contributed by atoms with van der Waals surface area (Å²) in [5.41, 5.74) is 2.02. The molecule has 0 saturated heterocycles. The number of hydrogen-bond donors (Lipinski definition) is 1. The quantitative estimate of drug-likeness (QED) is 0.894. The fourth-order valence-corrected chi connectivity index (χ4v) is 3.25. The third-order valence-electron chi connectivity index (χ3n) is 4.69. The smallest absolute Gasteiger partial charge is 0.258 e. The lowest BCUT2D eigenvalue weighted by molar-refractivity contribution is 0.0530. The van der Waals surface area contributed by atoms with Gasteiger partial charge in [0.2, 0.25) is 0 Å². The first-order valence-corrected chi connectivity index (χ1v) is 8.44. The number of nitrogens with one attached hydrogen (secondary N) is 1. The van der Waals surface area contributed by atoms with Gasteiger partial charge in [0.1, 0.15) is 11.4 Å². The second-order valence-electron chi connectivity index (χ2n) is 6.29. The van der Waals surface area contributed by atoms with E-state index in [1.165, 1.54) is 0 Å². The molecule has 0 aliphatic carbocycles. The minimum atomic E-state index is -0.602. The van der Waals surface area contributed by atoms with E-state index in [0.717, 1.165) is 35.4 Å². The summed E-state index contributed by atoms with van der Waals surface area (Å²) in [6.45, 7) is 4.91. The maximum absolute atomic E-state index is 13.1. The SMILES string of the molecule is CCCCN1C(=O)c2ccccc2NC1(C)c1cccc(OC)c1. The van der Waals surface area contributed by atoms with Crippen LogP contribution in [-0.2, 0) is 5.66 Å². The summed E-state index contributed by atoms with van der Waals surface area (Å²) in [5, 5.41) is 3.58. The van der Waals surface area contributed by atoms with E-state index in [0.29, 0.717) is 6.54 Å². The van der Waals surface area contributed by atoms with Crippen molar-refractivity contribution in [3.8, 4) is 5.75 Å². The van der Waals surface area contributed by atoms with Gasteiger partial charge in [-0.3, -0.25) is 4.79 Å². The number of unbranched alkanes of at least 4 members (excludes halogenated alkanes) is 1. The summed E-state index contributed by atoms with van der Waals surface area (Å²) in [6.07, 6.45) is 2.01. The molecule has 0 saturated carbocycles. The molecule has 0 fully saturated rings. The first-order chi connectivity index (χ1) is 11.6. The van der Waals surface area contributed by atoms with Crippen LogP contribution >= 0.6 is 0 Å². The summed E-state index contributed by atoms with van der Waals surface area (Å²) < 4.78 is 5.37. The van der Waals surface area contributed by atoms with Crippen molar-refractivity contribution in [1.29, 1.82) is 0 Å². The van der Waals surface area contributed by atoms with Gasteiger partial charge in [-0.25, -0.2) is 0 Å². The second kappa shape index (κ2) is 6.56. The number of fused-ring (bicyclic) bond motifs is 1. The van der Waals surface area contributed by atoms with E-state index in [4.69, 9.17) is 4.74 Å². The molecular weight excluding hydrogens is 300 g/mol. The molecule has 4 heteroatoms. The average Bonchev–Trinajstić information content (AvgIpc) is 2.61. The Hall–Kier alpha value is -2.49. The molecule has 0 bridgehead atoms. The molecule has 1 unspecified atom stereocenters. The Kier molecular flexibility index (Phi) is 4.47. The molecule has 1 aliphatic heterocycles. The van der Waals surface area contributed by atoms with Crippen molar-refractivity contribution in [3.05, 3.63) is 59.7 Å². The van der Waals surface area contributed by atoms with Crippen LogP contribution in [-0.4, -0.2) is 24.5 Å². The fourth-order valence-electron chi connectivity index (χ4n) is 3.25. The molecule has 1 aliphatic rings. The summed E-state index contributed by atoms with van der Waals surface area (Å²) in [4.78, 5) is 15.1. The van der Waals surface area contributed by atoms with Gasteiger partial charge in [0, 0.05) is 17.8 Å². The lowest BCUT2D eigenvalue weighted by Crippen LogP contribution is -2.56. The van der Waals surface area contributed by atoms with E-state index < -0.39 is 5.66 Å². The van der Waals surface area contributed by atoms with Crippen LogP contribution in [0.2, 0.25) is 0 Å². The summed E-state index contributed by atoms with van der Waals surface area (Å²) in [7, 11) is 1.66. The number of methoxy groups -OCH3 is 1. The molecule has 24 heavy (non-hydrogen) atoms. The van der Waals surface area contributed by atoms with Crippen LogP contribution in [0.15, 0.2) is 48.5 Å². The van der Waals surface area contributed by atoms with Crippen LogP contribution in [0.25, 0.3) is 0 Å². The number of para-hydroxylation sites is 1. The highest BCUT2D eigenvalue weighted by atomic mass is 16.5. The number of amides is 1. The van der Waals surface area contributed by atoms with Crippen LogP contribution in [0.4, 0.5) is 5.69 Å². The Morgan fingerprint density at radius 3 is 2.71 bits per heavy atom. The number of hydrogen-bond acceptors (Lipinski definition) is 3. The molecule has 126 valence electrons. The summed E-state index contributed by atoms with van der Waals surface area (Å²) in [6, 6.07) is 15.6. The van der Waals surface area contributed by atoms with Gasteiger partial charge in [-0.1, -0.05) is 37.6 Å². The zero-order chi connectivity index (χ0) is 17.2. The van der Waals surface area contributed by atoms with Crippen molar-refractivity contribution in [2.75, 3.05) is 19.0 Å². The van der Waals surface area contributed by atoms with Crippen molar-refractivity contribution in [2.45, 2.75) is 32.4 Å². The summed E-state index contributed by atoms with van der Waals surface area (Å²) in [5.74, 6) is 0.861. The highest BCUT2D eigenvalue weighted by molar-refractivity contribution is 6.02. The van der Waals surface area contributed by atoms with Gasteiger partial charge in [-0.15, -0.1) is 0 Å². The van der Waals surface area contributed by atoms with Gasteiger partial charge >= 0.3 is 0 Å². The number of carbonyl (C=O) groups is 1. The summed E-state index contributed by atoms with van der Waals surface area (Å²) >= 11 is 0. The number of nitrogens with zero attached hydrogens (tertiary/aromatic N) is 1. The van der Waals surface area contributed by atoms with Crippen molar-refractivity contribution in [2.24, 2.45) is 0 Å². The molecular formula is C20H24N2O2. The molecule has 2 aromatic rings. The van der Waals surface area contributed by atoms with E-state index in [2.05, 4.69) is 19.2 Å². The number of rotatable bonds is 5. The minimum absolute atomic E-state index is 0.0723. The first kappa shape index (κ1) is 16.4. The minimum Gasteiger partial charge on any atom is -0.497 e. The molecule has 1 N–H and O–H groups in total. The second-order valence-corrected chi connectivity index (χ2v) is 6.29. The molecule has 1 heterocycles. The molecule has 0 spiro atoms. The lowest BCUT2D eigenvalue weighted by Gasteiger charge is -2.47. The van der Waals surface area contributed by atoms with Crippen LogP contribution < -0.4 is 10.1 Å². The molecule has 1 amide bonds. The van der Waals surface area contributed by atoms with Crippen molar-refractivity contribution in [1.82, 2.24) is 4.90 Å². The van der Waals surface area contributed by atoms with Crippen molar-refractivity contribution < 1.29 is 9.53 Å². The number of benzene rings is 2.